The molecule has 3 nitrogen and oxygen atoms in total. The van der Waals surface area contributed by atoms with Crippen LogP contribution in [-0.2, 0) is 5.88 Å². The van der Waals surface area contributed by atoms with Gasteiger partial charge in [-0.25, -0.2) is 13.8 Å². The molecular weight excluding hydrogens is 214 g/mol. The first-order valence-electron chi connectivity index (χ1n) is 3.77. The summed E-state index contributed by atoms with van der Waals surface area (Å²) in [6.07, 6.45) is -2.67. The second kappa shape index (κ2) is 4.41. The summed E-state index contributed by atoms with van der Waals surface area (Å²) in [6.45, 7) is 0. The molecular formula is C8H9ClF2N2O. The number of rotatable bonds is 3. The zero-order chi connectivity index (χ0) is 10.7. The Morgan fingerprint density at radius 1 is 1.64 bits per heavy atom. The van der Waals surface area contributed by atoms with Crippen molar-refractivity contribution in [2.24, 2.45) is 0 Å². The Balaban J connectivity index is 3.24. The Morgan fingerprint density at radius 2 is 2.29 bits per heavy atom. The summed E-state index contributed by atoms with van der Waals surface area (Å²) in [4.78, 5) is 3.59. The van der Waals surface area contributed by atoms with Gasteiger partial charge in [-0.05, 0) is 6.07 Å². The van der Waals surface area contributed by atoms with Crippen LogP contribution in [0.3, 0.4) is 0 Å². The van der Waals surface area contributed by atoms with E-state index in [-0.39, 0.29) is 17.4 Å². The Morgan fingerprint density at radius 3 is 2.71 bits per heavy atom. The summed E-state index contributed by atoms with van der Waals surface area (Å²) in [5, 5.41) is 0. The van der Waals surface area contributed by atoms with E-state index < -0.39 is 12.1 Å². The van der Waals surface area contributed by atoms with Gasteiger partial charge in [-0.1, -0.05) is 0 Å². The fourth-order valence-corrected chi connectivity index (χ4v) is 1.27. The van der Waals surface area contributed by atoms with Crippen LogP contribution in [0.25, 0.3) is 0 Å². The van der Waals surface area contributed by atoms with Gasteiger partial charge >= 0.3 is 0 Å². The normalized spacial score (nSPS) is 10.6. The summed E-state index contributed by atoms with van der Waals surface area (Å²) < 4.78 is 29.4. The van der Waals surface area contributed by atoms with Gasteiger partial charge in [-0.3, -0.25) is 0 Å². The zero-order valence-electron chi connectivity index (χ0n) is 7.43. The highest BCUT2D eigenvalue weighted by molar-refractivity contribution is 6.17. The van der Waals surface area contributed by atoms with Crippen LogP contribution in [0.2, 0.25) is 0 Å². The van der Waals surface area contributed by atoms with Gasteiger partial charge in [-0.15, -0.1) is 11.6 Å². The fraction of sp³-hybridized carbons (Fsp3) is 0.375. The maximum atomic E-state index is 12.3. The number of alkyl halides is 3. The summed E-state index contributed by atoms with van der Waals surface area (Å²) in [5.41, 5.74) is 5.70. The second-order valence-corrected chi connectivity index (χ2v) is 2.83. The average Bonchev–Trinajstić information content (AvgIpc) is 2.16. The van der Waals surface area contributed by atoms with Crippen LogP contribution in [0.15, 0.2) is 6.07 Å². The molecule has 0 spiro atoms. The van der Waals surface area contributed by atoms with Crippen molar-refractivity contribution in [1.82, 2.24) is 4.98 Å². The van der Waals surface area contributed by atoms with Gasteiger partial charge in [-0.2, -0.15) is 0 Å². The first kappa shape index (κ1) is 11.0. The molecule has 0 radical (unpaired) electrons. The van der Waals surface area contributed by atoms with Crippen LogP contribution in [-0.4, -0.2) is 12.1 Å². The maximum Gasteiger partial charge on any atom is 0.280 e. The number of anilines is 1. The summed E-state index contributed by atoms with van der Waals surface area (Å²) >= 11 is 5.56. The molecule has 0 aliphatic carbocycles. The Labute approximate surface area is 84.8 Å². The molecule has 0 atom stereocenters. The first-order valence-corrected chi connectivity index (χ1v) is 4.31. The summed E-state index contributed by atoms with van der Waals surface area (Å²) in [6, 6.07) is 1.10. The third-order valence-corrected chi connectivity index (χ3v) is 1.96. The molecule has 6 heteroatoms. The summed E-state index contributed by atoms with van der Waals surface area (Å²) in [5.74, 6) is 0.126. The number of nitrogens with zero attached hydrogens (tertiary/aromatic N) is 1. The molecule has 0 unspecified atom stereocenters. The lowest BCUT2D eigenvalue weighted by atomic mass is 10.2. The van der Waals surface area contributed by atoms with Gasteiger partial charge in [0.2, 0.25) is 5.88 Å². The van der Waals surface area contributed by atoms with Crippen LogP contribution in [0.4, 0.5) is 14.5 Å². The average molecular weight is 223 g/mol. The molecule has 78 valence electrons. The number of pyridine rings is 1. The largest absolute Gasteiger partial charge is 0.481 e. The van der Waals surface area contributed by atoms with E-state index in [0.29, 0.717) is 5.56 Å². The van der Waals surface area contributed by atoms with Gasteiger partial charge in [0.1, 0.15) is 5.69 Å². The molecule has 1 aromatic rings. The van der Waals surface area contributed by atoms with Gasteiger partial charge in [0.15, 0.2) is 0 Å². The molecule has 2 N–H and O–H groups in total. The minimum Gasteiger partial charge on any atom is -0.481 e. The maximum absolute atomic E-state index is 12.3. The molecule has 0 saturated heterocycles. The molecule has 0 fully saturated rings. The number of ether oxygens (including phenoxy) is 1. The Hall–Kier alpha value is -1.10. The number of hydrogen-bond donors (Lipinski definition) is 1. The van der Waals surface area contributed by atoms with Crippen LogP contribution in [0, 0.1) is 0 Å². The van der Waals surface area contributed by atoms with Crippen molar-refractivity contribution in [3.8, 4) is 5.88 Å². The van der Waals surface area contributed by atoms with Gasteiger partial charge < -0.3 is 10.5 Å². The lowest BCUT2D eigenvalue weighted by molar-refractivity contribution is 0.145. The third kappa shape index (κ3) is 2.04. The number of hydrogen-bond acceptors (Lipinski definition) is 3. The van der Waals surface area contributed by atoms with E-state index in [4.69, 9.17) is 22.1 Å². The molecule has 14 heavy (non-hydrogen) atoms. The quantitative estimate of drug-likeness (QED) is 0.799. The lowest BCUT2D eigenvalue weighted by Gasteiger charge is -2.09. The monoisotopic (exact) mass is 222 g/mol. The SMILES string of the molecule is COc1nc(C(F)F)cc(N)c1CCl. The van der Waals surface area contributed by atoms with Crippen LogP contribution in [0.1, 0.15) is 17.7 Å². The zero-order valence-corrected chi connectivity index (χ0v) is 8.18. The van der Waals surface area contributed by atoms with Gasteiger partial charge in [0, 0.05) is 5.69 Å². The number of halogens is 3. The number of nitrogens with two attached hydrogens (primary N) is 1. The molecule has 0 saturated carbocycles. The highest BCUT2D eigenvalue weighted by Crippen LogP contribution is 2.28. The van der Waals surface area contributed by atoms with Crippen LogP contribution >= 0.6 is 11.6 Å². The van der Waals surface area contributed by atoms with Crippen molar-refractivity contribution >= 4 is 17.3 Å². The van der Waals surface area contributed by atoms with Crippen molar-refractivity contribution in [2.45, 2.75) is 12.3 Å². The molecule has 1 heterocycles. The Bertz CT molecular complexity index is 333. The predicted molar refractivity (Wildman–Crippen MR) is 49.7 cm³/mol. The summed E-state index contributed by atoms with van der Waals surface area (Å²) in [7, 11) is 1.33. The molecule has 0 aliphatic rings. The van der Waals surface area contributed by atoms with Gasteiger partial charge in [0.05, 0.1) is 18.6 Å². The van der Waals surface area contributed by atoms with Gasteiger partial charge in [0.25, 0.3) is 6.43 Å². The minimum absolute atomic E-state index is 0.0512. The molecule has 0 aromatic carbocycles. The van der Waals surface area contributed by atoms with Crippen molar-refractivity contribution in [1.29, 1.82) is 0 Å². The number of nitrogen functional groups attached to an aromatic ring is 1. The smallest absolute Gasteiger partial charge is 0.280 e. The predicted octanol–water partition coefficient (Wildman–Crippen LogP) is 2.35. The molecule has 0 aliphatic heterocycles. The standard InChI is InChI=1S/C8H9ClF2N2O/c1-14-8-4(3-9)5(12)2-6(13-8)7(10)11/h2,7H,3H2,1H3,(H2,12,13). The second-order valence-electron chi connectivity index (χ2n) is 2.56. The minimum atomic E-state index is -2.67. The van der Waals surface area contributed by atoms with Crippen molar-refractivity contribution in [3.63, 3.8) is 0 Å². The highest BCUT2D eigenvalue weighted by Gasteiger charge is 2.15. The molecule has 1 aromatic heterocycles. The van der Waals surface area contributed by atoms with Crippen molar-refractivity contribution in [3.05, 3.63) is 17.3 Å². The lowest BCUT2D eigenvalue weighted by Crippen LogP contribution is -2.02. The van der Waals surface area contributed by atoms with E-state index in [2.05, 4.69) is 4.98 Å². The van der Waals surface area contributed by atoms with Crippen molar-refractivity contribution < 1.29 is 13.5 Å². The van der Waals surface area contributed by atoms with E-state index in [1.807, 2.05) is 0 Å². The van der Waals surface area contributed by atoms with Crippen LogP contribution in [0.5, 0.6) is 5.88 Å². The number of methoxy groups -OCH3 is 1. The fourth-order valence-electron chi connectivity index (χ4n) is 1.00. The van der Waals surface area contributed by atoms with E-state index in [1.165, 1.54) is 7.11 Å². The number of aromatic nitrogens is 1. The molecule has 0 amide bonds. The third-order valence-electron chi connectivity index (χ3n) is 1.69. The molecule has 0 bridgehead atoms. The Kier molecular flexibility index (Phi) is 3.46. The first-order chi connectivity index (χ1) is 6.60. The van der Waals surface area contributed by atoms with Crippen molar-refractivity contribution in [2.75, 3.05) is 12.8 Å². The van der Waals surface area contributed by atoms with E-state index in [0.717, 1.165) is 6.07 Å². The van der Waals surface area contributed by atoms with E-state index in [9.17, 15) is 8.78 Å². The topological polar surface area (TPSA) is 48.1 Å². The van der Waals surface area contributed by atoms with E-state index >= 15 is 0 Å². The van der Waals surface area contributed by atoms with E-state index in [1.54, 1.807) is 0 Å². The highest BCUT2D eigenvalue weighted by atomic mass is 35.5. The van der Waals surface area contributed by atoms with Crippen LogP contribution < -0.4 is 10.5 Å². The molecule has 1 rings (SSSR count).